The molecule has 0 unspecified atom stereocenters. The summed E-state index contributed by atoms with van der Waals surface area (Å²) in [4.78, 5) is 18.7. The van der Waals surface area contributed by atoms with Gasteiger partial charge in [0.25, 0.3) is 0 Å². The van der Waals surface area contributed by atoms with E-state index in [1.165, 1.54) is 0 Å². The molecule has 0 saturated heterocycles. The van der Waals surface area contributed by atoms with Crippen LogP contribution in [0.3, 0.4) is 0 Å². The minimum absolute atomic E-state index is 0.192. The van der Waals surface area contributed by atoms with Crippen molar-refractivity contribution in [2.45, 2.75) is 25.7 Å². The van der Waals surface area contributed by atoms with Gasteiger partial charge < -0.3 is 9.52 Å². The van der Waals surface area contributed by atoms with Crippen LogP contribution >= 0.6 is 0 Å². The Balaban J connectivity index is 1.89. The lowest BCUT2D eigenvalue weighted by Crippen LogP contribution is -1.95. The van der Waals surface area contributed by atoms with E-state index in [1.54, 1.807) is 18.7 Å². The van der Waals surface area contributed by atoms with Gasteiger partial charge in [-0.3, -0.25) is 9.78 Å². The van der Waals surface area contributed by atoms with Gasteiger partial charge in [0.1, 0.15) is 12.0 Å². The SMILES string of the molecule is O=C(O)CCCCc1nc(-c2ccncc2)co1. The molecule has 2 rings (SSSR count). The average molecular weight is 246 g/mol. The second kappa shape index (κ2) is 5.95. The van der Waals surface area contributed by atoms with Crippen LogP contribution in [-0.2, 0) is 11.2 Å². The summed E-state index contributed by atoms with van der Waals surface area (Å²) >= 11 is 0. The maximum atomic E-state index is 10.4. The Morgan fingerprint density at radius 1 is 1.28 bits per heavy atom. The highest BCUT2D eigenvalue weighted by Crippen LogP contribution is 2.18. The van der Waals surface area contributed by atoms with Gasteiger partial charge in [-0.05, 0) is 25.0 Å². The molecule has 18 heavy (non-hydrogen) atoms. The summed E-state index contributed by atoms with van der Waals surface area (Å²) in [6.45, 7) is 0. The number of rotatable bonds is 6. The Morgan fingerprint density at radius 3 is 2.78 bits per heavy atom. The summed E-state index contributed by atoms with van der Waals surface area (Å²) in [5.41, 5.74) is 1.75. The number of nitrogens with zero attached hydrogens (tertiary/aromatic N) is 2. The second-order valence-corrected chi connectivity index (χ2v) is 3.96. The number of hydrogen-bond acceptors (Lipinski definition) is 4. The van der Waals surface area contributed by atoms with Crippen LogP contribution < -0.4 is 0 Å². The zero-order chi connectivity index (χ0) is 12.8. The Hall–Kier alpha value is -2.17. The number of carboxylic acids is 1. The minimum atomic E-state index is -0.764. The molecule has 94 valence electrons. The lowest BCUT2D eigenvalue weighted by atomic mass is 10.2. The molecule has 0 amide bonds. The van der Waals surface area contributed by atoms with Crippen molar-refractivity contribution in [3.8, 4) is 11.3 Å². The van der Waals surface area contributed by atoms with E-state index in [-0.39, 0.29) is 6.42 Å². The van der Waals surface area contributed by atoms with Crippen molar-refractivity contribution >= 4 is 5.97 Å². The molecule has 1 N–H and O–H groups in total. The molecule has 0 aliphatic carbocycles. The zero-order valence-electron chi connectivity index (χ0n) is 9.87. The van der Waals surface area contributed by atoms with E-state index in [4.69, 9.17) is 9.52 Å². The summed E-state index contributed by atoms with van der Waals surface area (Å²) in [6, 6.07) is 3.73. The van der Waals surface area contributed by atoms with Crippen molar-refractivity contribution < 1.29 is 14.3 Å². The molecule has 0 aromatic carbocycles. The third kappa shape index (κ3) is 3.41. The number of oxazole rings is 1. The van der Waals surface area contributed by atoms with E-state index in [2.05, 4.69) is 9.97 Å². The second-order valence-electron chi connectivity index (χ2n) is 3.96. The van der Waals surface area contributed by atoms with Crippen LogP contribution in [-0.4, -0.2) is 21.0 Å². The molecule has 2 aromatic heterocycles. The van der Waals surface area contributed by atoms with E-state index in [1.807, 2.05) is 12.1 Å². The molecule has 0 saturated carbocycles. The molecule has 0 bridgehead atoms. The Labute approximate surface area is 105 Å². The topological polar surface area (TPSA) is 76.2 Å². The first kappa shape index (κ1) is 12.3. The monoisotopic (exact) mass is 246 g/mol. The summed E-state index contributed by atoms with van der Waals surface area (Å²) in [6.07, 6.45) is 7.29. The molecule has 0 atom stereocenters. The van der Waals surface area contributed by atoms with Crippen molar-refractivity contribution in [1.29, 1.82) is 0 Å². The van der Waals surface area contributed by atoms with Gasteiger partial charge in [-0.2, -0.15) is 0 Å². The number of unbranched alkanes of at least 4 members (excludes halogenated alkanes) is 1. The Morgan fingerprint density at radius 2 is 2.06 bits per heavy atom. The fourth-order valence-corrected chi connectivity index (χ4v) is 1.63. The molecule has 0 aliphatic heterocycles. The number of pyridine rings is 1. The summed E-state index contributed by atoms with van der Waals surface area (Å²) in [5, 5.41) is 8.52. The van der Waals surface area contributed by atoms with Crippen LogP contribution in [0.1, 0.15) is 25.2 Å². The predicted molar refractivity (Wildman–Crippen MR) is 64.9 cm³/mol. The van der Waals surface area contributed by atoms with Crippen LogP contribution in [0.5, 0.6) is 0 Å². The molecule has 0 spiro atoms. The predicted octanol–water partition coefficient (Wildman–Crippen LogP) is 2.53. The highest BCUT2D eigenvalue weighted by atomic mass is 16.4. The minimum Gasteiger partial charge on any atom is -0.481 e. The molecular weight excluding hydrogens is 232 g/mol. The number of carboxylic acid groups (broad SMARTS) is 1. The van der Waals surface area contributed by atoms with E-state index in [0.29, 0.717) is 18.7 Å². The smallest absolute Gasteiger partial charge is 0.303 e. The third-order valence-corrected chi connectivity index (χ3v) is 2.56. The van der Waals surface area contributed by atoms with Gasteiger partial charge in [0.05, 0.1) is 0 Å². The maximum absolute atomic E-state index is 10.4. The molecule has 0 radical (unpaired) electrons. The van der Waals surface area contributed by atoms with Gasteiger partial charge in [0.15, 0.2) is 5.89 Å². The summed E-state index contributed by atoms with van der Waals surface area (Å²) in [7, 11) is 0. The van der Waals surface area contributed by atoms with Crippen LogP contribution in [0.15, 0.2) is 35.2 Å². The third-order valence-electron chi connectivity index (χ3n) is 2.56. The van der Waals surface area contributed by atoms with Gasteiger partial charge in [0, 0.05) is 30.8 Å². The number of aliphatic carboxylic acids is 1. The Bertz CT molecular complexity index is 508. The first-order valence-electron chi connectivity index (χ1n) is 5.82. The molecule has 5 heteroatoms. The van der Waals surface area contributed by atoms with Gasteiger partial charge in [-0.1, -0.05) is 0 Å². The number of hydrogen-bond donors (Lipinski definition) is 1. The number of carbonyl (C=O) groups is 1. The van der Waals surface area contributed by atoms with Crippen LogP contribution in [0, 0.1) is 0 Å². The van der Waals surface area contributed by atoms with Gasteiger partial charge in [0.2, 0.25) is 0 Å². The molecule has 0 aliphatic rings. The fourth-order valence-electron chi connectivity index (χ4n) is 1.63. The van der Waals surface area contributed by atoms with Crippen molar-refractivity contribution in [3.05, 3.63) is 36.7 Å². The first-order valence-corrected chi connectivity index (χ1v) is 5.82. The molecule has 2 heterocycles. The van der Waals surface area contributed by atoms with E-state index >= 15 is 0 Å². The van der Waals surface area contributed by atoms with Crippen molar-refractivity contribution in [1.82, 2.24) is 9.97 Å². The summed E-state index contributed by atoms with van der Waals surface area (Å²) in [5.74, 6) is -0.118. The molecule has 2 aromatic rings. The largest absolute Gasteiger partial charge is 0.481 e. The summed E-state index contributed by atoms with van der Waals surface area (Å²) < 4.78 is 5.35. The van der Waals surface area contributed by atoms with Gasteiger partial charge in [-0.25, -0.2) is 4.98 Å². The van der Waals surface area contributed by atoms with Crippen LogP contribution in [0.4, 0.5) is 0 Å². The van der Waals surface area contributed by atoms with E-state index in [9.17, 15) is 4.79 Å². The van der Waals surface area contributed by atoms with Crippen LogP contribution in [0.2, 0.25) is 0 Å². The van der Waals surface area contributed by atoms with Crippen molar-refractivity contribution in [3.63, 3.8) is 0 Å². The lowest BCUT2D eigenvalue weighted by molar-refractivity contribution is -0.137. The molecule has 0 fully saturated rings. The first-order chi connectivity index (χ1) is 8.75. The highest BCUT2D eigenvalue weighted by Gasteiger charge is 2.06. The molecule has 5 nitrogen and oxygen atoms in total. The standard InChI is InChI=1S/C13H14N2O3/c16-13(17)4-2-1-3-12-15-11(9-18-12)10-5-7-14-8-6-10/h5-9H,1-4H2,(H,16,17). The van der Waals surface area contributed by atoms with Crippen molar-refractivity contribution in [2.75, 3.05) is 0 Å². The van der Waals surface area contributed by atoms with E-state index < -0.39 is 5.97 Å². The number of aromatic nitrogens is 2. The maximum Gasteiger partial charge on any atom is 0.303 e. The highest BCUT2D eigenvalue weighted by molar-refractivity contribution is 5.66. The quantitative estimate of drug-likeness (QED) is 0.792. The number of aryl methyl sites for hydroxylation is 1. The fraction of sp³-hybridized carbons (Fsp3) is 0.308. The lowest BCUT2D eigenvalue weighted by Gasteiger charge is -1.94. The Kier molecular flexibility index (Phi) is 4.06. The van der Waals surface area contributed by atoms with Crippen LogP contribution in [0.25, 0.3) is 11.3 Å². The zero-order valence-corrected chi connectivity index (χ0v) is 9.87. The van der Waals surface area contributed by atoms with Gasteiger partial charge >= 0.3 is 5.97 Å². The molecular formula is C13H14N2O3. The van der Waals surface area contributed by atoms with E-state index in [0.717, 1.165) is 17.7 Å². The normalized spacial score (nSPS) is 10.4. The van der Waals surface area contributed by atoms with Crippen molar-refractivity contribution in [2.24, 2.45) is 0 Å². The van der Waals surface area contributed by atoms with Gasteiger partial charge in [-0.15, -0.1) is 0 Å². The average Bonchev–Trinajstić information content (AvgIpc) is 2.84.